The molecule has 0 unspecified atom stereocenters. The standard InChI is InChI=1S/C13H9FN4O/c14-9-3-4-11-10(6-9)12(18-17-11)16-13(19)8-2-1-5-15-7-8/h1-7H,(H2,16,17,18,19). The minimum absolute atomic E-state index is 0.295. The minimum atomic E-state index is -0.384. The van der Waals surface area contributed by atoms with Gasteiger partial charge in [0.05, 0.1) is 11.1 Å². The highest BCUT2D eigenvalue weighted by atomic mass is 19.1. The van der Waals surface area contributed by atoms with E-state index < -0.39 is 0 Å². The fourth-order valence-electron chi connectivity index (χ4n) is 1.76. The van der Waals surface area contributed by atoms with Gasteiger partial charge in [-0.3, -0.25) is 14.9 Å². The van der Waals surface area contributed by atoms with Crippen molar-refractivity contribution in [2.75, 3.05) is 5.32 Å². The van der Waals surface area contributed by atoms with E-state index in [0.29, 0.717) is 22.3 Å². The number of aromatic amines is 1. The van der Waals surface area contributed by atoms with Gasteiger partial charge < -0.3 is 5.32 Å². The van der Waals surface area contributed by atoms with E-state index >= 15 is 0 Å². The molecule has 5 nitrogen and oxygen atoms in total. The van der Waals surface area contributed by atoms with E-state index in [4.69, 9.17) is 0 Å². The van der Waals surface area contributed by atoms with Crippen molar-refractivity contribution >= 4 is 22.6 Å². The molecule has 2 aromatic heterocycles. The monoisotopic (exact) mass is 256 g/mol. The van der Waals surface area contributed by atoms with E-state index in [1.165, 1.54) is 18.3 Å². The third kappa shape index (κ3) is 2.15. The summed E-state index contributed by atoms with van der Waals surface area (Å²) in [6.45, 7) is 0. The number of hydrogen-bond acceptors (Lipinski definition) is 3. The van der Waals surface area contributed by atoms with Crippen LogP contribution >= 0.6 is 0 Å². The normalized spacial score (nSPS) is 10.6. The Balaban J connectivity index is 1.94. The summed E-state index contributed by atoms with van der Waals surface area (Å²) < 4.78 is 13.2. The molecule has 2 heterocycles. The van der Waals surface area contributed by atoms with Crippen LogP contribution in [-0.4, -0.2) is 21.1 Å². The molecule has 3 rings (SSSR count). The maximum Gasteiger partial charge on any atom is 0.258 e. The molecule has 3 aromatic rings. The smallest absolute Gasteiger partial charge is 0.258 e. The molecule has 6 heteroatoms. The van der Waals surface area contributed by atoms with Crippen molar-refractivity contribution in [2.24, 2.45) is 0 Å². The van der Waals surface area contributed by atoms with E-state index in [1.54, 1.807) is 24.4 Å². The largest absolute Gasteiger partial charge is 0.305 e. The highest BCUT2D eigenvalue weighted by molar-refractivity contribution is 6.07. The van der Waals surface area contributed by atoms with E-state index in [-0.39, 0.29) is 11.7 Å². The summed E-state index contributed by atoms with van der Waals surface area (Å²) in [5.74, 6) is -0.431. The van der Waals surface area contributed by atoms with E-state index in [1.807, 2.05) is 0 Å². The van der Waals surface area contributed by atoms with Crippen molar-refractivity contribution in [1.82, 2.24) is 15.2 Å². The number of anilines is 1. The topological polar surface area (TPSA) is 70.7 Å². The van der Waals surface area contributed by atoms with E-state index in [2.05, 4.69) is 20.5 Å². The van der Waals surface area contributed by atoms with Gasteiger partial charge in [0.1, 0.15) is 5.82 Å². The number of hydrogen-bond donors (Lipinski definition) is 2. The minimum Gasteiger partial charge on any atom is -0.305 e. The molecule has 19 heavy (non-hydrogen) atoms. The maximum absolute atomic E-state index is 13.2. The lowest BCUT2D eigenvalue weighted by Crippen LogP contribution is -2.12. The Morgan fingerprint density at radius 1 is 1.32 bits per heavy atom. The number of aromatic nitrogens is 3. The van der Waals surface area contributed by atoms with Gasteiger partial charge in [0, 0.05) is 17.8 Å². The highest BCUT2D eigenvalue weighted by Gasteiger charge is 2.11. The van der Waals surface area contributed by atoms with Crippen molar-refractivity contribution in [3.05, 3.63) is 54.1 Å². The molecule has 0 saturated heterocycles. The molecule has 1 aromatic carbocycles. The average molecular weight is 256 g/mol. The summed E-state index contributed by atoms with van der Waals surface area (Å²) in [5.41, 5.74) is 1.07. The number of H-pyrrole nitrogens is 1. The summed E-state index contributed by atoms with van der Waals surface area (Å²) in [5, 5.41) is 9.83. The van der Waals surface area contributed by atoms with Crippen LogP contribution in [-0.2, 0) is 0 Å². The van der Waals surface area contributed by atoms with E-state index in [9.17, 15) is 9.18 Å². The average Bonchev–Trinajstić information content (AvgIpc) is 2.82. The zero-order valence-corrected chi connectivity index (χ0v) is 9.72. The summed E-state index contributed by atoms with van der Waals surface area (Å²) in [6.07, 6.45) is 3.03. The molecule has 0 saturated carbocycles. The first kappa shape index (κ1) is 11.3. The van der Waals surface area contributed by atoms with Gasteiger partial charge in [0.15, 0.2) is 5.82 Å². The predicted octanol–water partition coefficient (Wildman–Crippen LogP) is 2.35. The van der Waals surface area contributed by atoms with Crippen molar-refractivity contribution in [2.45, 2.75) is 0 Å². The predicted molar refractivity (Wildman–Crippen MR) is 68.2 cm³/mol. The first-order valence-electron chi connectivity index (χ1n) is 5.59. The molecule has 0 atom stereocenters. The van der Waals surface area contributed by atoms with Crippen molar-refractivity contribution in [3.63, 3.8) is 0 Å². The zero-order chi connectivity index (χ0) is 13.2. The summed E-state index contributed by atoms with van der Waals surface area (Å²) in [6, 6.07) is 7.51. The van der Waals surface area contributed by atoms with Crippen molar-refractivity contribution < 1.29 is 9.18 Å². The van der Waals surface area contributed by atoms with Gasteiger partial charge in [-0.1, -0.05) is 0 Å². The van der Waals surface area contributed by atoms with Crippen LogP contribution in [0.3, 0.4) is 0 Å². The maximum atomic E-state index is 13.2. The highest BCUT2D eigenvalue weighted by Crippen LogP contribution is 2.21. The third-order valence-electron chi connectivity index (χ3n) is 2.68. The van der Waals surface area contributed by atoms with Crippen LogP contribution in [0, 0.1) is 5.82 Å². The SMILES string of the molecule is O=C(Nc1n[nH]c2ccc(F)cc12)c1cccnc1. The second-order valence-electron chi connectivity index (χ2n) is 3.96. The number of fused-ring (bicyclic) bond motifs is 1. The number of halogens is 1. The lowest BCUT2D eigenvalue weighted by atomic mass is 10.2. The number of nitrogens with zero attached hydrogens (tertiary/aromatic N) is 2. The van der Waals surface area contributed by atoms with Crippen LogP contribution in [0.15, 0.2) is 42.7 Å². The van der Waals surface area contributed by atoms with Crippen LogP contribution in [0.5, 0.6) is 0 Å². The summed E-state index contributed by atoms with van der Waals surface area (Å²) >= 11 is 0. The van der Waals surface area contributed by atoms with E-state index in [0.717, 1.165) is 0 Å². The van der Waals surface area contributed by atoms with Crippen LogP contribution in [0.2, 0.25) is 0 Å². The second kappa shape index (κ2) is 4.49. The molecule has 94 valence electrons. The Kier molecular flexibility index (Phi) is 2.68. The molecule has 0 radical (unpaired) electrons. The van der Waals surface area contributed by atoms with Gasteiger partial charge in [-0.25, -0.2) is 4.39 Å². The molecule has 0 bridgehead atoms. The lowest BCUT2D eigenvalue weighted by molar-refractivity contribution is 0.102. The first-order valence-corrected chi connectivity index (χ1v) is 5.59. The second-order valence-corrected chi connectivity index (χ2v) is 3.96. The quantitative estimate of drug-likeness (QED) is 0.739. The number of pyridine rings is 1. The zero-order valence-electron chi connectivity index (χ0n) is 9.72. The summed E-state index contributed by atoms with van der Waals surface area (Å²) in [4.78, 5) is 15.8. The molecule has 2 N–H and O–H groups in total. The Morgan fingerprint density at radius 3 is 3.00 bits per heavy atom. The van der Waals surface area contributed by atoms with Crippen LogP contribution in [0.1, 0.15) is 10.4 Å². The molecular weight excluding hydrogens is 247 g/mol. The molecular formula is C13H9FN4O. The summed E-state index contributed by atoms with van der Waals surface area (Å²) in [7, 11) is 0. The number of nitrogens with one attached hydrogen (secondary N) is 2. The lowest BCUT2D eigenvalue weighted by Gasteiger charge is -2.01. The van der Waals surface area contributed by atoms with Gasteiger partial charge in [-0.05, 0) is 30.3 Å². The Bertz CT molecular complexity index is 739. The number of benzene rings is 1. The van der Waals surface area contributed by atoms with Gasteiger partial charge in [-0.2, -0.15) is 5.10 Å². The Morgan fingerprint density at radius 2 is 2.21 bits per heavy atom. The third-order valence-corrected chi connectivity index (χ3v) is 2.68. The number of carbonyl (C=O) groups excluding carboxylic acids is 1. The van der Waals surface area contributed by atoms with Crippen molar-refractivity contribution in [3.8, 4) is 0 Å². The fourth-order valence-corrected chi connectivity index (χ4v) is 1.76. The molecule has 1 amide bonds. The fraction of sp³-hybridized carbons (Fsp3) is 0. The molecule has 0 fully saturated rings. The van der Waals surface area contributed by atoms with Gasteiger partial charge in [0.2, 0.25) is 0 Å². The first-order chi connectivity index (χ1) is 9.24. The molecule has 0 aliphatic carbocycles. The van der Waals surface area contributed by atoms with Gasteiger partial charge in [0.25, 0.3) is 5.91 Å². The molecule has 0 spiro atoms. The van der Waals surface area contributed by atoms with Gasteiger partial charge >= 0.3 is 0 Å². The van der Waals surface area contributed by atoms with Gasteiger partial charge in [-0.15, -0.1) is 0 Å². The van der Waals surface area contributed by atoms with Crippen LogP contribution < -0.4 is 5.32 Å². The van der Waals surface area contributed by atoms with Crippen molar-refractivity contribution in [1.29, 1.82) is 0 Å². The Hall–Kier alpha value is -2.76. The molecule has 0 aliphatic rings. The Labute approximate surface area is 107 Å². The number of amides is 1. The van der Waals surface area contributed by atoms with Crippen LogP contribution in [0.4, 0.5) is 10.2 Å². The number of carbonyl (C=O) groups is 1. The number of rotatable bonds is 2. The van der Waals surface area contributed by atoms with Crippen LogP contribution in [0.25, 0.3) is 10.9 Å². The molecule has 0 aliphatic heterocycles.